The van der Waals surface area contributed by atoms with Crippen molar-refractivity contribution in [3.8, 4) is 17.2 Å². The van der Waals surface area contributed by atoms with Crippen LogP contribution in [0.5, 0.6) is 17.2 Å². The molecule has 0 aromatic heterocycles. The maximum absolute atomic E-state index is 14.1. The monoisotopic (exact) mass is 548 g/mol. The van der Waals surface area contributed by atoms with Crippen LogP contribution in [0.4, 0.5) is 10.1 Å². The van der Waals surface area contributed by atoms with Crippen LogP contribution >= 0.6 is 0 Å². The van der Waals surface area contributed by atoms with Gasteiger partial charge < -0.3 is 24.6 Å². The van der Waals surface area contributed by atoms with Gasteiger partial charge in [-0.15, -0.1) is 0 Å². The first-order valence-electron chi connectivity index (χ1n) is 13.4. The SMILES string of the molecule is CCc1cc(F)cc(CC)c1NC(=O)CN1C[C@@H](c2ccc3c(c2)OCO3)[C@H](C(=O)O)[C@H]1c1ccc(OC)cc1. The topological polar surface area (TPSA) is 97.3 Å². The Hall–Kier alpha value is -4.11. The molecule has 2 N–H and O–H groups in total. The second kappa shape index (κ2) is 11.6. The molecule has 8 nitrogen and oxygen atoms in total. The number of amides is 1. The number of anilines is 1. The Morgan fingerprint density at radius 3 is 2.27 bits per heavy atom. The molecular weight excluding hydrogens is 515 g/mol. The van der Waals surface area contributed by atoms with Crippen molar-refractivity contribution in [1.29, 1.82) is 0 Å². The number of nitrogens with zero attached hydrogens (tertiary/aromatic N) is 1. The lowest BCUT2D eigenvalue weighted by molar-refractivity contribution is -0.143. The molecule has 0 saturated carbocycles. The number of benzene rings is 3. The molecule has 2 heterocycles. The summed E-state index contributed by atoms with van der Waals surface area (Å²) in [5, 5.41) is 13.5. The number of aryl methyl sites for hydroxylation is 2. The van der Waals surface area contributed by atoms with E-state index >= 15 is 0 Å². The molecule has 5 rings (SSSR count). The first-order chi connectivity index (χ1) is 19.3. The zero-order chi connectivity index (χ0) is 28.4. The van der Waals surface area contributed by atoms with E-state index in [2.05, 4.69) is 5.32 Å². The number of carbonyl (C=O) groups excluding carboxylic acids is 1. The minimum absolute atomic E-state index is 0.0365. The summed E-state index contributed by atoms with van der Waals surface area (Å²) in [7, 11) is 1.57. The quantitative estimate of drug-likeness (QED) is 0.381. The Labute approximate surface area is 232 Å². The van der Waals surface area contributed by atoms with E-state index in [1.54, 1.807) is 25.3 Å². The fourth-order valence-corrected chi connectivity index (χ4v) is 5.88. The summed E-state index contributed by atoms with van der Waals surface area (Å²) in [5.74, 6) is -0.956. The first-order valence-corrected chi connectivity index (χ1v) is 13.4. The highest BCUT2D eigenvalue weighted by molar-refractivity contribution is 5.94. The lowest BCUT2D eigenvalue weighted by atomic mass is 9.82. The second-order valence-electron chi connectivity index (χ2n) is 10.1. The van der Waals surface area contributed by atoms with Gasteiger partial charge >= 0.3 is 5.97 Å². The molecule has 1 saturated heterocycles. The first kappa shape index (κ1) is 27.5. The number of likely N-dealkylation sites (tertiary alicyclic amines) is 1. The predicted octanol–water partition coefficient (Wildman–Crippen LogP) is 5.17. The molecule has 2 aliphatic rings. The van der Waals surface area contributed by atoms with Crippen molar-refractivity contribution in [3.05, 3.63) is 82.7 Å². The summed E-state index contributed by atoms with van der Waals surface area (Å²) in [6.45, 7) is 4.25. The summed E-state index contributed by atoms with van der Waals surface area (Å²) in [4.78, 5) is 28.2. The van der Waals surface area contributed by atoms with Gasteiger partial charge in [-0.05, 0) is 71.5 Å². The van der Waals surface area contributed by atoms with E-state index in [4.69, 9.17) is 14.2 Å². The minimum atomic E-state index is -0.952. The number of carboxylic acid groups (broad SMARTS) is 1. The maximum atomic E-state index is 14.1. The summed E-state index contributed by atoms with van der Waals surface area (Å²) >= 11 is 0. The van der Waals surface area contributed by atoms with Gasteiger partial charge in [0.15, 0.2) is 11.5 Å². The highest BCUT2D eigenvalue weighted by Gasteiger charge is 2.48. The maximum Gasteiger partial charge on any atom is 0.309 e. The predicted molar refractivity (Wildman–Crippen MR) is 148 cm³/mol. The van der Waals surface area contributed by atoms with Crippen molar-refractivity contribution < 1.29 is 33.3 Å². The molecular formula is C31H33FN2O6. The molecule has 1 amide bonds. The van der Waals surface area contributed by atoms with E-state index < -0.39 is 23.8 Å². The zero-order valence-corrected chi connectivity index (χ0v) is 22.8. The number of rotatable bonds is 9. The Balaban J connectivity index is 1.49. The number of nitrogens with one attached hydrogen (secondary N) is 1. The average molecular weight is 549 g/mol. The number of carboxylic acids is 1. The van der Waals surface area contributed by atoms with Crippen molar-refractivity contribution >= 4 is 17.6 Å². The molecule has 9 heteroatoms. The smallest absolute Gasteiger partial charge is 0.309 e. The van der Waals surface area contributed by atoms with E-state index in [0.29, 0.717) is 42.3 Å². The van der Waals surface area contributed by atoms with Gasteiger partial charge in [-0.25, -0.2) is 4.39 Å². The van der Waals surface area contributed by atoms with E-state index in [1.807, 2.05) is 43.0 Å². The van der Waals surface area contributed by atoms with Crippen LogP contribution in [0.2, 0.25) is 0 Å². The summed E-state index contributed by atoms with van der Waals surface area (Å²) in [5.41, 5.74) is 3.64. The zero-order valence-electron chi connectivity index (χ0n) is 22.8. The van der Waals surface area contributed by atoms with Gasteiger partial charge in [0.1, 0.15) is 11.6 Å². The Kier molecular flexibility index (Phi) is 7.93. The Bertz CT molecular complexity index is 1380. The van der Waals surface area contributed by atoms with Crippen LogP contribution in [0.15, 0.2) is 54.6 Å². The van der Waals surface area contributed by atoms with Crippen LogP contribution in [0.3, 0.4) is 0 Å². The summed E-state index contributed by atoms with van der Waals surface area (Å²) in [6, 6.07) is 15.1. The van der Waals surface area contributed by atoms with Crippen LogP contribution in [-0.4, -0.2) is 48.9 Å². The van der Waals surface area contributed by atoms with E-state index in [-0.39, 0.29) is 25.1 Å². The third-order valence-corrected chi connectivity index (χ3v) is 7.80. The van der Waals surface area contributed by atoms with Gasteiger partial charge in [-0.3, -0.25) is 14.5 Å². The van der Waals surface area contributed by atoms with Crippen molar-refractivity contribution in [2.75, 3.05) is 32.3 Å². The standard InChI is InChI=1S/C31H33FN2O6/c1-4-18-12-22(32)13-19(5-2)29(18)33-27(35)16-34-15-24(21-8-11-25-26(14-21)40-17-39-25)28(31(36)37)30(34)20-6-9-23(38-3)10-7-20/h6-14,24,28,30H,4-5,15-17H2,1-3H3,(H,33,35)(H,36,37)/t24-,28-,30+/m0/s1. The number of methoxy groups -OCH3 is 1. The van der Waals surface area contributed by atoms with Crippen molar-refractivity contribution in [2.45, 2.75) is 38.6 Å². The number of ether oxygens (including phenoxy) is 3. The number of fused-ring (bicyclic) bond motifs is 1. The number of hydrogen-bond donors (Lipinski definition) is 2. The van der Waals surface area contributed by atoms with Gasteiger partial charge in [0, 0.05) is 24.2 Å². The normalized spacial score (nSPS) is 19.9. The molecule has 40 heavy (non-hydrogen) atoms. The van der Waals surface area contributed by atoms with Crippen molar-refractivity contribution in [3.63, 3.8) is 0 Å². The van der Waals surface area contributed by atoms with Gasteiger partial charge in [-0.1, -0.05) is 32.0 Å². The van der Waals surface area contributed by atoms with Gasteiger partial charge in [0.05, 0.1) is 19.6 Å². The lowest BCUT2D eigenvalue weighted by Gasteiger charge is -2.27. The molecule has 3 aromatic rings. The fraction of sp³-hybridized carbons (Fsp3) is 0.355. The molecule has 2 aliphatic heterocycles. The average Bonchev–Trinajstić information content (AvgIpc) is 3.58. The minimum Gasteiger partial charge on any atom is -0.497 e. The number of hydrogen-bond acceptors (Lipinski definition) is 6. The molecule has 3 aromatic carbocycles. The Morgan fingerprint density at radius 2 is 1.65 bits per heavy atom. The van der Waals surface area contributed by atoms with E-state index in [0.717, 1.165) is 22.3 Å². The van der Waals surface area contributed by atoms with Gasteiger partial charge in [-0.2, -0.15) is 0 Å². The molecule has 0 radical (unpaired) electrons. The van der Waals surface area contributed by atoms with Crippen LogP contribution in [0.25, 0.3) is 0 Å². The molecule has 3 atom stereocenters. The number of halogens is 1. The summed E-state index contributed by atoms with van der Waals surface area (Å²) in [6.07, 6.45) is 1.12. The summed E-state index contributed by atoms with van der Waals surface area (Å²) < 4.78 is 30.4. The van der Waals surface area contributed by atoms with Crippen LogP contribution in [-0.2, 0) is 22.4 Å². The molecule has 0 unspecified atom stereocenters. The van der Waals surface area contributed by atoms with Crippen LogP contribution < -0.4 is 19.5 Å². The fourth-order valence-electron chi connectivity index (χ4n) is 5.88. The van der Waals surface area contributed by atoms with Gasteiger partial charge in [0.2, 0.25) is 12.7 Å². The highest BCUT2D eigenvalue weighted by atomic mass is 19.1. The third-order valence-electron chi connectivity index (χ3n) is 7.80. The molecule has 210 valence electrons. The van der Waals surface area contributed by atoms with Crippen LogP contribution in [0, 0.1) is 11.7 Å². The second-order valence-corrected chi connectivity index (χ2v) is 10.1. The highest BCUT2D eigenvalue weighted by Crippen LogP contribution is 2.47. The van der Waals surface area contributed by atoms with E-state index in [9.17, 15) is 19.1 Å². The van der Waals surface area contributed by atoms with Gasteiger partial charge in [0.25, 0.3) is 0 Å². The number of carbonyl (C=O) groups is 2. The molecule has 0 bridgehead atoms. The largest absolute Gasteiger partial charge is 0.497 e. The van der Waals surface area contributed by atoms with Crippen molar-refractivity contribution in [2.24, 2.45) is 5.92 Å². The Morgan fingerprint density at radius 1 is 1.00 bits per heavy atom. The van der Waals surface area contributed by atoms with Crippen molar-refractivity contribution in [1.82, 2.24) is 4.90 Å². The van der Waals surface area contributed by atoms with Crippen LogP contribution in [0.1, 0.15) is 48.1 Å². The molecule has 0 spiro atoms. The lowest BCUT2D eigenvalue weighted by Crippen LogP contribution is -2.35. The molecule has 1 fully saturated rings. The number of aliphatic carboxylic acids is 1. The third kappa shape index (κ3) is 5.34. The van der Waals surface area contributed by atoms with E-state index in [1.165, 1.54) is 12.1 Å². The molecule has 0 aliphatic carbocycles.